The molecule has 31 heavy (non-hydrogen) atoms. The number of aromatic hydroxyl groups is 1. The maximum absolute atomic E-state index is 13.1. The van der Waals surface area contributed by atoms with Gasteiger partial charge >= 0.3 is 0 Å². The summed E-state index contributed by atoms with van der Waals surface area (Å²) in [5, 5.41) is 12.5. The van der Waals surface area contributed by atoms with Crippen LogP contribution in [0.2, 0.25) is 0 Å². The Kier molecular flexibility index (Phi) is 6.73. The number of benzene rings is 2. The quantitative estimate of drug-likeness (QED) is 0.632. The number of phenolic OH excluding ortho intramolecular Hbond substituents is 1. The highest BCUT2D eigenvalue weighted by Crippen LogP contribution is 2.29. The largest absolute Gasteiger partial charge is 0.506 e. The van der Waals surface area contributed by atoms with E-state index >= 15 is 0 Å². The first-order valence-corrected chi connectivity index (χ1v) is 13.1. The molecule has 1 saturated heterocycles. The Morgan fingerprint density at radius 2 is 1.84 bits per heavy atom. The van der Waals surface area contributed by atoms with Gasteiger partial charge in [0.05, 0.1) is 21.2 Å². The summed E-state index contributed by atoms with van der Waals surface area (Å²) in [5.41, 5.74) is 0.00586. The van der Waals surface area contributed by atoms with Gasteiger partial charge in [-0.25, -0.2) is 16.8 Å². The van der Waals surface area contributed by atoms with Gasteiger partial charge in [-0.2, -0.15) is 4.31 Å². The highest BCUT2D eigenvalue weighted by atomic mass is 32.2. The molecule has 168 valence electrons. The molecule has 0 radical (unpaired) electrons. The molecule has 2 aromatic carbocycles. The van der Waals surface area contributed by atoms with Crippen molar-refractivity contribution in [2.24, 2.45) is 0 Å². The van der Waals surface area contributed by atoms with Crippen molar-refractivity contribution in [2.75, 3.05) is 17.6 Å². The van der Waals surface area contributed by atoms with Crippen LogP contribution in [0, 0.1) is 0 Å². The fourth-order valence-corrected chi connectivity index (χ4v) is 6.18. The minimum Gasteiger partial charge on any atom is -0.506 e. The van der Waals surface area contributed by atoms with E-state index in [0.29, 0.717) is 6.54 Å². The van der Waals surface area contributed by atoms with E-state index in [-0.39, 0.29) is 38.6 Å². The molecule has 2 N–H and O–H groups in total. The third-order valence-electron chi connectivity index (χ3n) is 5.40. The van der Waals surface area contributed by atoms with E-state index < -0.39 is 25.8 Å². The molecular formula is C21H26N2O6S2. The second kappa shape index (κ2) is 8.97. The number of phenols is 1. The van der Waals surface area contributed by atoms with E-state index in [4.69, 9.17) is 0 Å². The lowest BCUT2D eigenvalue weighted by Crippen LogP contribution is -2.41. The molecule has 1 aliphatic rings. The minimum atomic E-state index is -3.75. The van der Waals surface area contributed by atoms with Crippen molar-refractivity contribution in [1.29, 1.82) is 0 Å². The molecule has 1 heterocycles. The minimum absolute atomic E-state index is 0.0143. The van der Waals surface area contributed by atoms with E-state index in [0.717, 1.165) is 19.3 Å². The average molecular weight is 467 g/mol. The molecule has 0 bridgehead atoms. The van der Waals surface area contributed by atoms with Gasteiger partial charge in [0.15, 0.2) is 9.84 Å². The van der Waals surface area contributed by atoms with Crippen LogP contribution in [0.15, 0.2) is 52.3 Å². The first-order valence-electron chi connectivity index (χ1n) is 10.1. The number of nitrogens with zero attached hydrogens (tertiary/aromatic N) is 1. The van der Waals surface area contributed by atoms with Crippen LogP contribution < -0.4 is 5.32 Å². The highest BCUT2D eigenvalue weighted by Gasteiger charge is 2.31. The van der Waals surface area contributed by atoms with Gasteiger partial charge in [-0.1, -0.05) is 19.4 Å². The molecule has 1 fully saturated rings. The molecule has 1 amide bonds. The van der Waals surface area contributed by atoms with Crippen LogP contribution in [0.5, 0.6) is 5.75 Å². The molecule has 1 aliphatic heterocycles. The molecule has 1 unspecified atom stereocenters. The molecule has 0 spiro atoms. The Bertz CT molecular complexity index is 1190. The lowest BCUT2D eigenvalue weighted by molar-refractivity contribution is 0.102. The van der Waals surface area contributed by atoms with E-state index in [1.54, 1.807) is 0 Å². The zero-order chi connectivity index (χ0) is 22.8. The summed E-state index contributed by atoms with van der Waals surface area (Å²) in [5.74, 6) is -1.08. The van der Waals surface area contributed by atoms with Crippen molar-refractivity contribution in [2.45, 2.75) is 48.9 Å². The molecular weight excluding hydrogens is 440 g/mol. The lowest BCUT2D eigenvalue weighted by Gasteiger charge is -2.32. The average Bonchev–Trinajstić information content (AvgIpc) is 2.75. The number of carbonyl (C=O) groups is 1. The van der Waals surface area contributed by atoms with Crippen molar-refractivity contribution < 1.29 is 26.7 Å². The fourth-order valence-electron chi connectivity index (χ4n) is 3.53. The summed E-state index contributed by atoms with van der Waals surface area (Å²) in [6.45, 7) is 3.80. The standard InChI is InChI=1S/C21H26N2O6S2/c1-3-30(26,27)17-10-11-20(24)19(14-17)22-21(25)16-8-6-9-18(13-16)31(28,29)23-12-5-4-7-15(23)2/h6,8-11,13-15,24H,3-5,7,12H2,1-2H3,(H,22,25). The normalized spacial score (nSPS) is 17.9. The van der Waals surface area contributed by atoms with Crippen molar-refractivity contribution >= 4 is 31.5 Å². The summed E-state index contributed by atoms with van der Waals surface area (Å²) in [4.78, 5) is 12.7. The third kappa shape index (κ3) is 4.91. The zero-order valence-electron chi connectivity index (χ0n) is 17.4. The van der Waals surface area contributed by atoms with Crippen molar-refractivity contribution in [3.8, 4) is 5.75 Å². The van der Waals surface area contributed by atoms with Crippen molar-refractivity contribution in [1.82, 2.24) is 4.31 Å². The highest BCUT2D eigenvalue weighted by molar-refractivity contribution is 7.91. The maximum atomic E-state index is 13.1. The summed E-state index contributed by atoms with van der Waals surface area (Å²) < 4.78 is 51.8. The molecule has 8 nitrogen and oxygen atoms in total. The number of rotatable bonds is 6. The van der Waals surface area contributed by atoms with E-state index in [2.05, 4.69) is 5.32 Å². The van der Waals surface area contributed by atoms with Gasteiger partial charge in [-0.3, -0.25) is 4.79 Å². The van der Waals surface area contributed by atoms with Crippen LogP contribution >= 0.6 is 0 Å². The monoisotopic (exact) mass is 466 g/mol. The molecule has 2 aromatic rings. The van der Waals surface area contributed by atoms with Gasteiger partial charge in [0, 0.05) is 18.2 Å². The Labute approximate surface area is 182 Å². The van der Waals surface area contributed by atoms with Crippen LogP contribution in [0.4, 0.5) is 5.69 Å². The second-order valence-electron chi connectivity index (χ2n) is 7.52. The number of nitrogens with one attached hydrogen (secondary N) is 1. The van der Waals surface area contributed by atoms with E-state index in [1.807, 2.05) is 6.92 Å². The molecule has 3 rings (SSSR count). The summed E-state index contributed by atoms with van der Waals surface area (Å²) in [6, 6.07) is 9.19. The first kappa shape index (κ1) is 23.2. The van der Waals surface area contributed by atoms with Crippen LogP contribution in [0.25, 0.3) is 0 Å². The van der Waals surface area contributed by atoms with Crippen LogP contribution in [-0.2, 0) is 19.9 Å². The van der Waals surface area contributed by atoms with Gasteiger partial charge in [0.2, 0.25) is 10.0 Å². The predicted octanol–water partition coefficient (Wildman–Crippen LogP) is 3.00. The van der Waals surface area contributed by atoms with E-state index in [1.165, 1.54) is 53.7 Å². The molecule has 10 heteroatoms. The summed E-state index contributed by atoms with van der Waals surface area (Å²) in [7, 11) is -7.28. The smallest absolute Gasteiger partial charge is 0.255 e. The molecule has 0 saturated carbocycles. The van der Waals surface area contributed by atoms with Crippen molar-refractivity contribution in [3.63, 3.8) is 0 Å². The summed E-state index contributed by atoms with van der Waals surface area (Å²) in [6.07, 6.45) is 2.56. The predicted molar refractivity (Wildman–Crippen MR) is 117 cm³/mol. The third-order valence-corrected chi connectivity index (χ3v) is 9.14. The van der Waals surface area contributed by atoms with Gasteiger partial charge in [-0.15, -0.1) is 0 Å². The second-order valence-corrected chi connectivity index (χ2v) is 11.7. The van der Waals surface area contributed by atoms with E-state index in [9.17, 15) is 26.7 Å². The maximum Gasteiger partial charge on any atom is 0.255 e. The topological polar surface area (TPSA) is 121 Å². The SMILES string of the molecule is CCS(=O)(=O)c1ccc(O)c(NC(=O)c2cccc(S(=O)(=O)N3CCCCC3C)c2)c1. The van der Waals surface area contributed by atoms with Gasteiger partial charge < -0.3 is 10.4 Å². The van der Waals surface area contributed by atoms with Gasteiger partial charge in [-0.05, 0) is 56.2 Å². The summed E-state index contributed by atoms with van der Waals surface area (Å²) >= 11 is 0. The van der Waals surface area contributed by atoms with Gasteiger partial charge in [0.1, 0.15) is 5.75 Å². The van der Waals surface area contributed by atoms with Crippen LogP contribution in [0.1, 0.15) is 43.5 Å². The number of hydrogen-bond acceptors (Lipinski definition) is 6. The van der Waals surface area contributed by atoms with Crippen LogP contribution in [0.3, 0.4) is 0 Å². The Balaban J connectivity index is 1.88. The number of hydrogen-bond donors (Lipinski definition) is 2. The molecule has 0 aliphatic carbocycles. The van der Waals surface area contributed by atoms with Gasteiger partial charge in [0.25, 0.3) is 5.91 Å². The molecule has 0 aromatic heterocycles. The number of sulfonamides is 1. The number of piperidine rings is 1. The molecule has 1 atom stereocenters. The number of anilines is 1. The Hall–Kier alpha value is -2.43. The Morgan fingerprint density at radius 3 is 2.52 bits per heavy atom. The van der Waals surface area contributed by atoms with Crippen molar-refractivity contribution in [3.05, 3.63) is 48.0 Å². The fraction of sp³-hybridized carbons (Fsp3) is 0.381. The lowest BCUT2D eigenvalue weighted by atomic mass is 10.1. The zero-order valence-corrected chi connectivity index (χ0v) is 19.0. The Morgan fingerprint density at radius 1 is 1.10 bits per heavy atom. The number of sulfone groups is 1. The first-order chi connectivity index (χ1) is 14.6. The number of amides is 1. The van der Waals surface area contributed by atoms with Crippen LogP contribution in [-0.4, -0.2) is 50.5 Å². The number of carbonyl (C=O) groups excluding carboxylic acids is 1.